The second kappa shape index (κ2) is 13.8. The SMILES string of the molecule is C#Cc1c(F)ccc2cccc(-c3nc4c5c(nc(OC[C@@]67CCCN6[C@H](COc6ccnc(C(C)(F)F)n6)CC7)nc5c3F)N3C[C@H]5CC[C@H](N5)[C@H]3CCC4)c12. The topological polar surface area (TPSA) is 101 Å². The van der Waals surface area contributed by atoms with E-state index in [2.05, 4.69) is 31.0 Å². The molecule has 5 aliphatic heterocycles. The van der Waals surface area contributed by atoms with Crippen LogP contribution in [-0.4, -0.2) is 85.8 Å². The van der Waals surface area contributed by atoms with Crippen LogP contribution in [0.25, 0.3) is 32.9 Å². The van der Waals surface area contributed by atoms with Crippen molar-refractivity contribution in [1.29, 1.82) is 0 Å². The number of alkyl halides is 2. The predicted molar refractivity (Wildman–Crippen MR) is 206 cm³/mol. The Balaban J connectivity index is 1.02. The Bertz CT molecular complexity index is 2460. The van der Waals surface area contributed by atoms with Crippen molar-refractivity contribution in [3.63, 3.8) is 0 Å². The van der Waals surface area contributed by atoms with Crippen LogP contribution in [0.3, 0.4) is 0 Å². The van der Waals surface area contributed by atoms with Gasteiger partial charge in [0.15, 0.2) is 5.82 Å². The van der Waals surface area contributed by atoms with Gasteiger partial charge in [-0.2, -0.15) is 23.7 Å². The molecule has 5 aromatic rings. The molecule has 4 saturated heterocycles. The van der Waals surface area contributed by atoms with Crippen molar-refractivity contribution in [2.45, 2.75) is 100 Å². The highest BCUT2D eigenvalue weighted by atomic mass is 19.3. The van der Waals surface area contributed by atoms with Gasteiger partial charge in [-0.25, -0.2) is 18.7 Å². The second-order valence-electron chi connectivity index (χ2n) is 16.3. The molecule has 5 atom stereocenters. The van der Waals surface area contributed by atoms with Crippen molar-refractivity contribution in [3.8, 4) is 35.5 Å². The fraction of sp³-hybridized carbons (Fsp3) is 0.465. The molecule has 1 N–H and O–H groups in total. The lowest BCUT2D eigenvalue weighted by Gasteiger charge is -2.43. The van der Waals surface area contributed by atoms with E-state index in [0.717, 1.165) is 71.4 Å². The average molecular weight is 779 g/mol. The summed E-state index contributed by atoms with van der Waals surface area (Å²) in [7, 11) is 0. The van der Waals surface area contributed by atoms with E-state index in [0.29, 0.717) is 51.7 Å². The van der Waals surface area contributed by atoms with Crippen LogP contribution in [0.15, 0.2) is 42.6 Å². The number of terminal acetylenes is 1. The summed E-state index contributed by atoms with van der Waals surface area (Å²) in [5.74, 6) is -1.71. The van der Waals surface area contributed by atoms with Gasteiger partial charge in [0.2, 0.25) is 11.7 Å². The zero-order valence-corrected chi connectivity index (χ0v) is 31.6. The van der Waals surface area contributed by atoms with Gasteiger partial charge in [-0.3, -0.25) is 4.90 Å². The van der Waals surface area contributed by atoms with Gasteiger partial charge in [0.1, 0.15) is 36.1 Å². The van der Waals surface area contributed by atoms with E-state index < -0.39 is 23.4 Å². The number of aryl methyl sites for hydroxylation is 1. The maximum atomic E-state index is 17.4. The van der Waals surface area contributed by atoms with Crippen molar-refractivity contribution in [2.24, 2.45) is 0 Å². The Hall–Kier alpha value is -5.13. The summed E-state index contributed by atoms with van der Waals surface area (Å²) in [6, 6.07) is 10.7. The number of pyridine rings is 1. The number of anilines is 1. The van der Waals surface area contributed by atoms with Gasteiger partial charge in [-0.05, 0) is 75.8 Å². The number of halogens is 4. The normalized spacial score (nSPS) is 25.6. The lowest BCUT2D eigenvalue weighted by Crippen LogP contribution is -2.58. The molecule has 0 amide bonds. The Morgan fingerprint density at radius 3 is 2.74 bits per heavy atom. The molecule has 0 aliphatic carbocycles. The third-order valence-electron chi connectivity index (χ3n) is 12.9. The van der Waals surface area contributed by atoms with Crippen LogP contribution in [-0.2, 0) is 12.3 Å². The highest BCUT2D eigenvalue weighted by molar-refractivity contribution is 6.02. The summed E-state index contributed by atoms with van der Waals surface area (Å²) in [6.07, 6.45) is 15.1. The number of aromatic nitrogens is 5. The molecule has 10 nitrogen and oxygen atoms in total. The smallest absolute Gasteiger partial charge is 0.319 e. The predicted octanol–water partition coefficient (Wildman–Crippen LogP) is 7.11. The number of nitrogens with zero attached hydrogens (tertiary/aromatic N) is 7. The van der Waals surface area contributed by atoms with Gasteiger partial charge < -0.3 is 19.7 Å². The standard InChI is InChI=1S/C43H42F4N8O2/c1-3-27-29(44)13-11-24-7-4-8-28(34(24)27)37-36(45)38-35-31(50-37)9-5-10-32-30-14-12-25(49-30)21-54(32)39(35)53-41(52-38)57-23-43-17-6-20-55(43)26(15-18-43)22-56-33-16-19-48-40(51-33)42(2,46)47/h1,4,7-8,11,13,16,19,25-26,30,32,49H,5-6,9-10,12,14-15,17-18,20-23H2,2H3/t25-,26+,30+,32-,43+/m1/s1. The van der Waals surface area contributed by atoms with E-state index in [1.54, 1.807) is 18.2 Å². The molecular weight excluding hydrogens is 737 g/mol. The Morgan fingerprint density at radius 2 is 1.88 bits per heavy atom. The first kappa shape index (κ1) is 36.2. The molecule has 0 radical (unpaired) electrons. The first-order valence-corrected chi connectivity index (χ1v) is 19.9. The van der Waals surface area contributed by atoms with Gasteiger partial charge in [-0.15, -0.1) is 6.42 Å². The number of hydrogen-bond acceptors (Lipinski definition) is 10. The number of benzene rings is 2. The molecule has 0 unspecified atom stereocenters. The van der Waals surface area contributed by atoms with E-state index in [4.69, 9.17) is 30.8 Å². The van der Waals surface area contributed by atoms with Crippen LogP contribution in [0, 0.1) is 24.0 Å². The number of hydrogen-bond donors (Lipinski definition) is 1. The van der Waals surface area contributed by atoms with Gasteiger partial charge >= 0.3 is 11.9 Å². The minimum atomic E-state index is -3.18. The first-order valence-electron chi connectivity index (χ1n) is 19.9. The molecule has 14 heteroatoms. The molecule has 10 rings (SSSR count). The van der Waals surface area contributed by atoms with Crippen LogP contribution >= 0.6 is 0 Å². The average Bonchev–Trinajstić information content (AvgIpc) is 3.90. The van der Waals surface area contributed by atoms with Crippen LogP contribution in [0.2, 0.25) is 0 Å². The monoisotopic (exact) mass is 778 g/mol. The molecule has 5 aliphatic rings. The fourth-order valence-electron chi connectivity index (χ4n) is 10.3. The fourth-order valence-corrected chi connectivity index (χ4v) is 10.3. The van der Waals surface area contributed by atoms with Crippen molar-refractivity contribution in [1.82, 2.24) is 35.1 Å². The van der Waals surface area contributed by atoms with Gasteiger partial charge in [-0.1, -0.05) is 30.2 Å². The summed E-state index contributed by atoms with van der Waals surface area (Å²) in [5.41, 5.74) is 1.02. The number of rotatable bonds is 8. The number of nitrogens with one attached hydrogen (secondary N) is 1. The maximum Gasteiger partial charge on any atom is 0.319 e. The summed E-state index contributed by atoms with van der Waals surface area (Å²) in [5, 5.41) is 5.49. The molecule has 8 heterocycles. The molecule has 2 bridgehead atoms. The molecule has 0 spiro atoms. The minimum absolute atomic E-state index is 0.0201. The van der Waals surface area contributed by atoms with E-state index in [1.807, 2.05) is 6.07 Å². The van der Waals surface area contributed by atoms with Crippen LogP contribution < -0.4 is 19.7 Å². The quantitative estimate of drug-likeness (QED) is 0.130. The van der Waals surface area contributed by atoms with Gasteiger partial charge in [0, 0.05) is 60.8 Å². The van der Waals surface area contributed by atoms with E-state index >= 15 is 8.78 Å². The van der Waals surface area contributed by atoms with E-state index in [1.165, 1.54) is 18.3 Å². The largest absolute Gasteiger partial charge is 0.476 e. The molecule has 2 aromatic carbocycles. The Labute approximate surface area is 327 Å². The lowest BCUT2D eigenvalue weighted by atomic mass is 9.93. The van der Waals surface area contributed by atoms with E-state index in [-0.39, 0.29) is 59.5 Å². The van der Waals surface area contributed by atoms with Gasteiger partial charge in [0.25, 0.3) is 0 Å². The highest BCUT2D eigenvalue weighted by Crippen LogP contribution is 2.45. The molecular formula is C43H42F4N8O2. The van der Waals surface area contributed by atoms with Crippen molar-refractivity contribution >= 4 is 27.5 Å². The first-order chi connectivity index (χ1) is 27.6. The minimum Gasteiger partial charge on any atom is -0.476 e. The Morgan fingerprint density at radius 1 is 0.982 bits per heavy atom. The highest BCUT2D eigenvalue weighted by Gasteiger charge is 2.50. The van der Waals surface area contributed by atoms with E-state index in [9.17, 15) is 8.78 Å². The summed E-state index contributed by atoms with van der Waals surface area (Å²) >= 11 is 0. The zero-order chi connectivity index (χ0) is 39.1. The van der Waals surface area contributed by atoms with Gasteiger partial charge in [0.05, 0.1) is 22.2 Å². The van der Waals surface area contributed by atoms with Crippen molar-refractivity contribution in [3.05, 3.63) is 71.3 Å². The molecule has 4 fully saturated rings. The zero-order valence-electron chi connectivity index (χ0n) is 31.6. The third kappa shape index (κ3) is 6.12. The summed E-state index contributed by atoms with van der Waals surface area (Å²) in [4.78, 5) is 27.3. The number of ether oxygens (including phenoxy) is 2. The van der Waals surface area contributed by atoms with Crippen molar-refractivity contribution < 1.29 is 27.0 Å². The van der Waals surface area contributed by atoms with Crippen LogP contribution in [0.4, 0.5) is 23.4 Å². The Kier molecular flexibility index (Phi) is 8.75. The number of piperazine rings is 1. The van der Waals surface area contributed by atoms with Crippen LogP contribution in [0.5, 0.6) is 11.9 Å². The second-order valence-corrected chi connectivity index (χ2v) is 16.3. The maximum absolute atomic E-state index is 17.4. The molecule has 57 heavy (non-hydrogen) atoms. The lowest BCUT2D eigenvalue weighted by molar-refractivity contribution is 0.00666. The summed E-state index contributed by atoms with van der Waals surface area (Å²) < 4.78 is 72.9. The van der Waals surface area contributed by atoms with Crippen molar-refractivity contribution in [2.75, 3.05) is 31.2 Å². The summed E-state index contributed by atoms with van der Waals surface area (Å²) in [6.45, 7) is 2.88. The van der Waals surface area contributed by atoms with Crippen LogP contribution in [0.1, 0.15) is 75.4 Å². The molecule has 0 saturated carbocycles. The molecule has 3 aromatic heterocycles. The number of fused-ring (bicyclic) bond motifs is 7. The molecule has 294 valence electrons. The third-order valence-corrected chi connectivity index (χ3v) is 12.9.